The average molecular weight is 915 g/mol. The van der Waals surface area contributed by atoms with E-state index in [-0.39, 0.29) is 12.8 Å². The zero-order valence-electron chi connectivity index (χ0n) is 37.0. The van der Waals surface area contributed by atoms with Gasteiger partial charge in [0.25, 0.3) is 0 Å². The maximum Gasteiger partial charge on any atom is 0.472 e. The lowest BCUT2D eigenvalue weighted by atomic mass is 10.2. The summed E-state index contributed by atoms with van der Waals surface area (Å²) in [5.41, 5.74) is 0. The lowest BCUT2D eigenvalue weighted by Gasteiger charge is -2.20. The molecule has 354 valence electrons. The number of allylic oxidation sites excluding steroid dienone is 14. The molecule has 0 aromatic rings. The number of hydrogen-bond acceptors (Lipinski definition) is 11. The number of unbranched alkanes of at least 4 members (excludes halogenated alkanes) is 8. The summed E-state index contributed by atoms with van der Waals surface area (Å²) in [5.74, 6) is -1.24. The second-order valence-electron chi connectivity index (χ2n) is 14.5. The number of aliphatic hydroxyl groups is 2. The van der Waals surface area contributed by atoms with Gasteiger partial charge in [0, 0.05) is 12.8 Å². The Labute approximate surface area is 371 Å². The Morgan fingerprint density at radius 1 is 0.532 bits per heavy atom. The van der Waals surface area contributed by atoms with Crippen molar-refractivity contribution in [2.24, 2.45) is 0 Å². The number of phosphoric acid groups is 2. The molecule has 0 spiro atoms. The fourth-order valence-corrected chi connectivity index (χ4v) is 6.27. The van der Waals surface area contributed by atoms with Crippen LogP contribution in [-0.2, 0) is 41.8 Å². The van der Waals surface area contributed by atoms with Gasteiger partial charge in [0.1, 0.15) is 12.7 Å². The quantitative estimate of drug-likeness (QED) is 0.0127. The molecule has 62 heavy (non-hydrogen) atoms. The molecule has 0 saturated carbocycles. The second-order valence-corrected chi connectivity index (χ2v) is 17.2. The van der Waals surface area contributed by atoms with E-state index >= 15 is 0 Å². The average Bonchev–Trinajstić information content (AvgIpc) is 3.23. The van der Waals surface area contributed by atoms with Crippen LogP contribution in [0.4, 0.5) is 0 Å². The van der Waals surface area contributed by atoms with Crippen molar-refractivity contribution < 1.29 is 66.7 Å². The molecule has 0 fully saturated rings. The number of phosphoric ester groups is 2. The molecule has 14 nitrogen and oxygen atoms in total. The summed E-state index contributed by atoms with van der Waals surface area (Å²) in [4.78, 5) is 52.7. The van der Waals surface area contributed by atoms with Gasteiger partial charge in [-0.15, -0.1) is 0 Å². The van der Waals surface area contributed by atoms with Gasteiger partial charge in [0.05, 0.1) is 25.9 Å². The molecule has 5 N–H and O–H groups in total. The Hall–Kier alpha value is -3.00. The van der Waals surface area contributed by atoms with Crippen molar-refractivity contribution in [2.75, 3.05) is 26.4 Å². The van der Waals surface area contributed by atoms with E-state index in [9.17, 15) is 33.8 Å². The van der Waals surface area contributed by atoms with Gasteiger partial charge in [-0.1, -0.05) is 137 Å². The van der Waals surface area contributed by atoms with E-state index in [1.807, 2.05) is 30.4 Å². The van der Waals surface area contributed by atoms with Crippen LogP contribution in [0, 0.1) is 0 Å². The van der Waals surface area contributed by atoms with Crippen LogP contribution in [-0.4, -0.2) is 81.6 Å². The Bertz CT molecular complexity index is 1480. The van der Waals surface area contributed by atoms with Gasteiger partial charge < -0.3 is 34.4 Å². The zero-order chi connectivity index (χ0) is 46.0. The van der Waals surface area contributed by atoms with Gasteiger partial charge >= 0.3 is 27.6 Å². The number of rotatable bonds is 40. The Balaban J connectivity index is 4.80. The van der Waals surface area contributed by atoms with Crippen molar-refractivity contribution in [3.8, 4) is 0 Å². The van der Waals surface area contributed by atoms with Gasteiger partial charge in [0.15, 0.2) is 6.10 Å². The van der Waals surface area contributed by atoms with Crippen LogP contribution in [0.25, 0.3) is 0 Å². The topological polar surface area (TPSA) is 216 Å². The van der Waals surface area contributed by atoms with Crippen molar-refractivity contribution in [3.63, 3.8) is 0 Å². The fourth-order valence-electron chi connectivity index (χ4n) is 5.12. The van der Waals surface area contributed by atoms with Crippen molar-refractivity contribution in [3.05, 3.63) is 97.2 Å². The highest BCUT2D eigenvalue weighted by Gasteiger charge is 2.28. The van der Waals surface area contributed by atoms with Crippen molar-refractivity contribution in [1.29, 1.82) is 0 Å². The fraction of sp³-hybridized carbons (Fsp3) is 0.609. The third-order valence-electron chi connectivity index (χ3n) is 8.52. The van der Waals surface area contributed by atoms with E-state index in [0.717, 1.165) is 38.5 Å². The summed E-state index contributed by atoms with van der Waals surface area (Å²) >= 11 is 0. The number of hydrogen-bond donors (Lipinski definition) is 5. The minimum absolute atomic E-state index is 0.0207. The molecule has 0 heterocycles. The van der Waals surface area contributed by atoms with Crippen LogP contribution in [0.2, 0.25) is 0 Å². The van der Waals surface area contributed by atoms with Gasteiger partial charge in [-0.3, -0.25) is 23.2 Å². The van der Waals surface area contributed by atoms with Crippen LogP contribution in [0.1, 0.15) is 136 Å². The highest BCUT2D eigenvalue weighted by molar-refractivity contribution is 7.47. The predicted octanol–water partition coefficient (Wildman–Crippen LogP) is 10.3. The molecule has 0 rings (SSSR count). The molecule has 0 aliphatic rings. The van der Waals surface area contributed by atoms with E-state index in [4.69, 9.17) is 23.8 Å². The molecule has 0 aliphatic heterocycles. The molecule has 0 aliphatic carbocycles. The van der Waals surface area contributed by atoms with Gasteiger partial charge in [-0.2, -0.15) is 0 Å². The first-order valence-corrected chi connectivity index (χ1v) is 25.1. The number of carbonyl (C=O) groups excluding carboxylic acids is 2. The van der Waals surface area contributed by atoms with Crippen LogP contribution in [0.15, 0.2) is 97.2 Å². The highest BCUT2D eigenvalue weighted by atomic mass is 31.2. The van der Waals surface area contributed by atoms with Gasteiger partial charge in [-0.25, -0.2) is 9.13 Å². The smallest absolute Gasteiger partial charge is 0.462 e. The summed E-state index contributed by atoms with van der Waals surface area (Å²) in [7, 11) is -9.75. The normalized spacial score (nSPS) is 15.4. The summed E-state index contributed by atoms with van der Waals surface area (Å²) in [6.07, 6.45) is 44.3. The van der Waals surface area contributed by atoms with Crippen molar-refractivity contribution in [1.82, 2.24) is 0 Å². The van der Waals surface area contributed by atoms with Gasteiger partial charge in [0.2, 0.25) is 0 Å². The Kier molecular flexibility index (Phi) is 38.8. The maximum absolute atomic E-state index is 12.6. The SMILES string of the molecule is CCCCC/C=C\C/C=C\C/C=C\C/C=C\CCCC(=O)OC[C@H](COP(=O)(O)OC[C@@H](O)COP(=O)(O)O)OC(=O)CCC/C=C/C=C\C(O)C/C=C\C/C=C\CCCCC. The Morgan fingerprint density at radius 2 is 1.00 bits per heavy atom. The molecule has 16 heteroatoms. The number of ether oxygens (including phenoxy) is 2. The first-order valence-electron chi connectivity index (χ1n) is 22.0. The first-order chi connectivity index (χ1) is 29.8. The number of aliphatic hydroxyl groups excluding tert-OH is 2. The molecule has 0 aromatic heterocycles. The van der Waals surface area contributed by atoms with E-state index in [0.29, 0.717) is 32.1 Å². The third kappa shape index (κ3) is 43.6. The molecular weight excluding hydrogens is 838 g/mol. The Morgan fingerprint density at radius 3 is 1.55 bits per heavy atom. The number of carbonyl (C=O) groups is 2. The summed E-state index contributed by atoms with van der Waals surface area (Å²) < 4.78 is 47.6. The van der Waals surface area contributed by atoms with Crippen molar-refractivity contribution >= 4 is 27.6 Å². The lowest BCUT2D eigenvalue weighted by molar-refractivity contribution is -0.161. The molecule has 2 unspecified atom stereocenters. The van der Waals surface area contributed by atoms with Crippen LogP contribution >= 0.6 is 15.6 Å². The van der Waals surface area contributed by atoms with E-state index in [1.54, 1.807) is 18.2 Å². The van der Waals surface area contributed by atoms with Crippen molar-refractivity contribution in [2.45, 2.75) is 154 Å². The third-order valence-corrected chi connectivity index (χ3v) is 9.95. The van der Waals surface area contributed by atoms with E-state index in [1.165, 1.54) is 38.5 Å². The van der Waals surface area contributed by atoms with E-state index in [2.05, 4.69) is 71.5 Å². The minimum atomic E-state index is -4.89. The molecule has 0 aromatic carbocycles. The van der Waals surface area contributed by atoms with Crippen LogP contribution in [0.3, 0.4) is 0 Å². The molecule has 0 amide bonds. The minimum Gasteiger partial charge on any atom is -0.462 e. The summed E-state index contributed by atoms with van der Waals surface area (Å²) in [6.45, 7) is 1.46. The lowest BCUT2D eigenvalue weighted by Crippen LogP contribution is -2.29. The summed E-state index contributed by atoms with van der Waals surface area (Å²) in [6, 6.07) is 0. The number of esters is 2. The first kappa shape index (κ1) is 59.0. The molecular formula is C46H76O14P2. The maximum atomic E-state index is 12.6. The van der Waals surface area contributed by atoms with Gasteiger partial charge in [-0.05, 0) is 83.5 Å². The molecule has 0 radical (unpaired) electrons. The monoisotopic (exact) mass is 914 g/mol. The summed E-state index contributed by atoms with van der Waals surface area (Å²) in [5, 5.41) is 19.9. The predicted molar refractivity (Wildman–Crippen MR) is 245 cm³/mol. The second kappa shape index (κ2) is 40.8. The zero-order valence-corrected chi connectivity index (χ0v) is 38.8. The highest BCUT2D eigenvalue weighted by Crippen LogP contribution is 2.43. The molecule has 0 saturated heterocycles. The van der Waals surface area contributed by atoms with Crippen LogP contribution < -0.4 is 0 Å². The molecule has 0 bridgehead atoms. The molecule has 4 atom stereocenters. The van der Waals surface area contributed by atoms with Crippen LogP contribution in [0.5, 0.6) is 0 Å². The standard InChI is InChI=1S/C46H76O14P2/c1-3-5-7-9-11-13-14-15-16-17-18-19-20-22-24-28-32-36-45(49)56-40-44(41-59-62(54,55)58-39-43(48)38-57-61(51,52)53)60-46(50)37-33-29-25-27-31-35-42(47)34-30-26-23-21-12-10-8-6-4-2/h11-13,15-16,18-19,21-22,24-27,30-31,35,42-44,47-48H,3-10,14,17,20,23,28-29,32-34,36-41H2,1-2H3,(H,54,55)(H2,51,52,53)/b13-11-,16-15-,19-18-,21-12-,24-22-,27-25+,30-26-,35-31-/t42?,43-,44+/m0/s1. The van der Waals surface area contributed by atoms with E-state index < -0.39 is 72.3 Å². The largest absolute Gasteiger partial charge is 0.472 e.